The van der Waals surface area contributed by atoms with Crippen molar-refractivity contribution in [3.63, 3.8) is 0 Å². The van der Waals surface area contributed by atoms with Gasteiger partial charge < -0.3 is 4.90 Å². The average molecular weight is 373 g/mol. The molecule has 112 valence electrons. The summed E-state index contributed by atoms with van der Waals surface area (Å²) in [6.45, 7) is 14.2. The zero-order valence-corrected chi connectivity index (χ0v) is 16.0. The van der Waals surface area contributed by atoms with Crippen LogP contribution < -0.4 is 10.2 Å². The van der Waals surface area contributed by atoms with Gasteiger partial charge in [0.1, 0.15) is 5.69 Å². The van der Waals surface area contributed by atoms with Crippen molar-refractivity contribution in [3.05, 3.63) is 24.3 Å². The summed E-state index contributed by atoms with van der Waals surface area (Å²) in [6.07, 6.45) is 0. The molecule has 0 heterocycles. The Bertz CT molecular complexity index is 371. The van der Waals surface area contributed by atoms with Crippen LogP contribution in [0.25, 0.3) is 0 Å². The van der Waals surface area contributed by atoms with Gasteiger partial charge in [0, 0.05) is 20.4 Å². The molecule has 0 aliphatic heterocycles. The molecule has 3 heteroatoms. The number of rotatable bonds is 2. The fourth-order valence-electron chi connectivity index (χ4n) is 2.72. The summed E-state index contributed by atoms with van der Waals surface area (Å²) in [6, 6.07) is 9.23. The summed E-state index contributed by atoms with van der Waals surface area (Å²) in [5.41, 5.74) is 1.36. The standard InChI is InChI=1S/C16H28NP.Pd/c1-15(2,3)18(16(4,5)6)14-11-9-13(10-12-14)17(7)8;/h9-12H,1-8H3;/p+1. The van der Waals surface area contributed by atoms with Gasteiger partial charge in [0.05, 0.1) is 14.1 Å². The summed E-state index contributed by atoms with van der Waals surface area (Å²) in [5.74, 6) is 0. The second kappa shape index (κ2) is 6.82. The van der Waals surface area contributed by atoms with Crippen molar-refractivity contribution in [3.8, 4) is 0 Å². The molecule has 1 nitrogen and oxygen atoms in total. The van der Waals surface area contributed by atoms with Crippen LogP contribution in [0.2, 0.25) is 0 Å². The van der Waals surface area contributed by atoms with E-state index in [0.717, 1.165) is 0 Å². The molecule has 0 aliphatic carbocycles. The van der Waals surface area contributed by atoms with Gasteiger partial charge in [-0.15, -0.1) is 0 Å². The number of nitrogens with one attached hydrogen (secondary N) is 1. The Kier molecular flexibility index (Phi) is 6.92. The second-order valence-electron chi connectivity index (χ2n) is 7.22. The second-order valence-corrected chi connectivity index (χ2v) is 11.1. The van der Waals surface area contributed by atoms with E-state index in [-0.39, 0.29) is 28.3 Å². The summed E-state index contributed by atoms with van der Waals surface area (Å²) < 4.78 is 0. The molecule has 0 saturated carbocycles. The molecule has 1 aromatic carbocycles. The van der Waals surface area contributed by atoms with E-state index < -0.39 is 0 Å². The van der Waals surface area contributed by atoms with Gasteiger partial charge in [-0.25, -0.2) is 0 Å². The molecule has 0 atom stereocenters. The smallest absolute Gasteiger partial charge is 0.130 e. The molecular formula is C16H29NPPd+. The molecule has 19 heavy (non-hydrogen) atoms. The summed E-state index contributed by atoms with van der Waals surface area (Å²) in [4.78, 5) is 1.39. The molecular weight excluding hydrogens is 344 g/mol. The predicted molar refractivity (Wildman–Crippen MR) is 85.0 cm³/mol. The van der Waals surface area contributed by atoms with Crippen LogP contribution in [0.15, 0.2) is 24.3 Å². The van der Waals surface area contributed by atoms with Gasteiger partial charge in [-0.3, -0.25) is 0 Å². The fraction of sp³-hybridized carbons (Fsp3) is 0.625. The molecule has 0 bridgehead atoms. The first kappa shape index (κ1) is 19.3. The molecule has 0 unspecified atom stereocenters. The molecule has 0 fully saturated rings. The molecule has 1 rings (SSSR count). The SMILES string of the molecule is C[NH+](C)c1ccc(P(C(C)(C)C)C(C)(C)C)cc1.[Pd]. The summed E-state index contributed by atoms with van der Waals surface area (Å²) in [5, 5.41) is 2.22. The number of quaternary nitrogens is 1. The van der Waals surface area contributed by atoms with Crippen molar-refractivity contribution < 1.29 is 25.3 Å². The number of hydrogen-bond acceptors (Lipinski definition) is 0. The van der Waals surface area contributed by atoms with Crippen LogP contribution in [0.3, 0.4) is 0 Å². The van der Waals surface area contributed by atoms with Crippen molar-refractivity contribution in [2.45, 2.75) is 51.9 Å². The van der Waals surface area contributed by atoms with E-state index >= 15 is 0 Å². The average Bonchev–Trinajstić information content (AvgIpc) is 2.13. The monoisotopic (exact) mass is 372 g/mol. The molecule has 1 aromatic rings. The fourth-order valence-corrected chi connectivity index (χ4v) is 6.73. The van der Waals surface area contributed by atoms with Crippen LogP contribution in [0, 0.1) is 0 Å². The zero-order valence-electron chi connectivity index (χ0n) is 13.6. The van der Waals surface area contributed by atoms with E-state index in [1.165, 1.54) is 15.9 Å². The number of hydrogen-bond donors (Lipinski definition) is 1. The molecule has 0 amide bonds. The van der Waals surface area contributed by atoms with Gasteiger partial charge in [-0.05, 0) is 39.9 Å². The van der Waals surface area contributed by atoms with Crippen molar-refractivity contribution in [2.75, 3.05) is 14.1 Å². The van der Waals surface area contributed by atoms with E-state index in [4.69, 9.17) is 0 Å². The molecule has 0 radical (unpaired) electrons. The third-order valence-electron chi connectivity index (χ3n) is 3.04. The van der Waals surface area contributed by atoms with Crippen LogP contribution in [0.4, 0.5) is 5.69 Å². The first-order valence-corrected chi connectivity index (χ1v) is 8.08. The van der Waals surface area contributed by atoms with E-state index in [1.807, 2.05) is 0 Å². The third-order valence-corrected chi connectivity index (χ3v) is 6.54. The van der Waals surface area contributed by atoms with Crippen LogP contribution >= 0.6 is 7.92 Å². The molecule has 0 aromatic heterocycles. The molecule has 0 spiro atoms. The molecule has 1 N–H and O–H groups in total. The first-order chi connectivity index (χ1) is 8.03. The van der Waals surface area contributed by atoms with Gasteiger partial charge in [0.25, 0.3) is 0 Å². The van der Waals surface area contributed by atoms with Crippen molar-refractivity contribution in [1.29, 1.82) is 0 Å². The van der Waals surface area contributed by atoms with Crippen molar-refractivity contribution in [2.24, 2.45) is 0 Å². The third kappa shape index (κ3) is 5.28. The van der Waals surface area contributed by atoms with E-state index in [2.05, 4.69) is 79.9 Å². The zero-order chi connectivity index (χ0) is 14.1. The van der Waals surface area contributed by atoms with Gasteiger partial charge in [-0.2, -0.15) is 0 Å². The van der Waals surface area contributed by atoms with Gasteiger partial charge in [0.15, 0.2) is 0 Å². The Labute approximate surface area is 134 Å². The Morgan fingerprint density at radius 1 is 0.789 bits per heavy atom. The molecule has 0 saturated heterocycles. The first-order valence-electron chi connectivity index (χ1n) is 6.74. The van der Waals surface area contributed by atoms with Crippen LogP contribution in [-0.4, -0.2) is 24.4 Å². The topological polar surface area (TPSA) is 4.44 Å². The normalized spacial score (nSPS) is 12.7. The van der Waals surface area contributed by atoms with Crippen LogP contribution in [0.1, 0.15) is 41.5 Å². The van der Waals surface area contributed by atoms with Crippen LogP contribution in [-0.2, 0) is 20.4 Å². The van der Waals surface area contributed by atoms with E-state index in [0.29, 0.717) is 10.3 Å². The Morgan fingerprint density at radius 2 is 1.16 bits per heavy atom. The maximum absolute atomic E-state index is 2.37. The largest absolute Gasteiger partial charge is 0.307 e. The minimum absolute atomic E-state index is 0. The minimum Gasteiger partial charge on any atom is -0.307 e. The Morgan fingerprint density at radius 3 is 1.42 bits per heavy atom. The van der Waals surface area contributed by atoms with Crippen molar-refractivity contribution in [1.82, 2.24) is 0 Å². The number of benzene rings is 1. The Balaban J connectivity index is 0.00000324. The summed E-state index contributed by atoms with van der Waals surface area (Å²) >= 11 is 0. The molecule has 0 aliphatic rings. The van der Waals surface area contributed by atoms with Gasteiger partial charge in [-0.1, -0.05) is 49.5 Å². The van der Waals surface area contributed by atoms with Crippen LogP contribution in [0.5, 0.6) is 0 Å². The minimum atomic E-state index is -0.179. The Hall–Kier alpha value is 0.272. The van der Waals surface area contributed by atoms with E-state index in [1.54, 1.807) is 0 Å². The van der Waals surface area contributed by atoms with Gasteiger partial charge in [0.2, 0.25) is 0 Å². The van der Waals surface area contributed by atoms with Crippen molar-refractivity contribution >= 4 is 18.9 Å². The van der Waals surface area contributed by atoms with E-state index in [9.17, 15) is 0 Å². The maximum atomic E-state index is 2.37. The van der Waals surface area contributed by atoms with Gasteiger partial charge >= 0.3 is 0 Å². The maximum Gasteiger partial charge on any atom is 0.130 e. The summed E-state index contributed by atoms with van der Waals surface area (Å²) in [7, 11) is 4.17. The quantitative estimate of drug-likeness (QED) is 0.601. The predicted octanol–water partition coefficient (Wildman–Crippen LogP) is 3.16.